The zero-order chi connectivity index (χ0) is 15.8. The lowest BCUT2D eigenvalue weighted by Crippen LogP contribution is -2.41. The Kier molecular flexibility index (Phi) is 7.50. The van der Waals surface area contributed by atoms with E-state index >= 15 is 0 Å². The van der Waals surface area contributed by atoms with E-state index in [4.69, 9.17) is 4.74 Å². The second-order valence-electron chi connectivity index (χ2n) is 7.29. The highest BCUT2D eigenvalue weighted by Gasteiger charge is 2.22. The van der Waals surface area contributed by atoms with Crippen molar-refractivity contribution in [1.29, 1.82) is 0 Å². The molecule has 2 saturated carbocycles. The normalized spacial score (nSPS) is 26.6. The van der Waals surface area contributed by atoms with Gasteiger partial charge in [0.15, 0.2) is 0 Å². The van der Waals surface area contributed by atoms with Crippen LogP contribution in [0.1, 0.15) is 64.7 Å². The van der Waals surface area contributed by atoms with Gasteiger partial charge in [-0.3, -0.25) is 0 Å². The van der Waals surface area contributed by atoms with Gasteiger partial charge >= 0.3 is 6.03 Å². The molecule has 2 unspecified atom stereocenters. The molecule has 0 aromatic rings. The topological polar surface area (TPSA) is 41.6 Å². The maximum Gasteiger partial charge on any atom is 0.317 e. The van der Waals surface area contributed by atoms with Crippen LogP contribution in [0, 0.1) is 11.8 Å². The third kappa shape index (κ3) is 5.79. The average molecular weight is 310 g/mol. The van der Waals surface area contributed by atoms with Gasteiger partial charge in [0.05, 0.1) is 12.7 Å². The van der Waals surface area contributed by atoms with Crippen molar-refractivity contribution in [3.63, 3.8) is 0 Å². The van der Waals surface area contributed by atoms with Crippen molar-refractivity contribution in [1.82, 2.24) is 10.2 Å². The summed E-state index contributed by atoms with van der Waals surface area (Å²) in [5.41, 5.74) is 0. The number of hydrogen-bond donors (Lipinski definition) is 1. The molecule has 2 aliphatic carbocycles. The quantitative estimate of drug-likeness (QED) is 0.758. The molecular formula is C18H34N2O2. The van der Waals surface area contributed by atoms with E-state index in [1.807, 2.05) is 11.9 Å². The molecule has 128 valence electrons. The first-order valence-electron chi connectivity index (χ1n) is 9.27. The van der Waals surface area contributed by atoms with E-state index in [1.54, 1.807) is 0 Å². The third-order valence-electron chi connectivity index (χ3n) is 5.35. The van der Waals surface area contributed by atoms with Crippen molar-refractivity contribution in [2.24, 2.45) is 11.8 Å². The monoisotopic (exact) mass is 310 g/mol. The van der Waals surface area contributed by atoms with Crippen LogP contribution < -0.4 is 5.32 Å². The fraction of sp³-hybridized carbons (Fsp3) is 0.944. The lowest BCUT2D eigenvalue weighted by molar-refractivity contribution is -0.00269. The maximum absolute atomic E-state index is 12.1. The van der Waals surface area contributed by atoms with Crippen molar-refractivity contribution in [3.8, 4) is 0 Å². The van der Waals surface area contributed by atoms with Gasteiger partial charge in [0, 0.05) is 20.1 Å². The molecule has 0 aromatic heterocycles. The minimum absolute atomic E-state index is 0.0471. The standard InChI is InChI=1S/C18H34N2O2/c1-15-8-6-7-11-17(15)22-13-12-19-18(21)20(2)14-16-9-4-3-5-10-16/h15-17H,3-14H2,1-2H3,(H,19,21). The molecule has 0 spiro atoms. The molecular weight excluding hydrogens is 276 g/mol. The van der Waals surface area contributed by atoms with Crippen LogP contribution in [0.25, 0.3) is 0 Å². The lowest BCUT2D eigenvalue weighted by Gasteiger charge is -2.29. The number of carbonyl (C=O) groups is 1. The van der Waals surface area contributed by atoms with Gasteiger partial charge < -0.3 is 15.0 Å². The number of nitrogens with zero attached hydrogens (tertiary/aromatic N) is 1. The Morgan fingerprint density at radius 2 is 1.77 bits per heavy atom. The van der Waals surface area contributed by atoms with Crippen LogP contribution in [0.5, 0.6) is 0 Å². The molecule has 0 bridgehead atoms. The molecule has 0 radical (unpaired) electrons. The third-order valence-corrected chi connectivity index (χ3v) is 5.35. The van der Waals surface area contributed by atoms with Gasteiger partial charge in [-0.25, -0.2) is 4.79 Å². The van der Waals surface area contributed by atoms with Crippen LogP contribution in [0.3, 0.4) is 0 Å². The molecule has 2 aliphatic rings. The van der Waals surface area contributed by atoms with E-state index in [2.05, 4.69) is 12.2 Å². The first-order chi connectivity index (χ1) is 10.7. The minimum Gasteiger partial charge on any atom is -0.376 e. The van der Waals surface area contributed by atoms with Crippen molar-refractivity contribution in [2.75, 3.05) is 26.7 Å². The second-order valence-corrected chi connectivity index (χ2v) is 7.29. The Labute approximate surface area is 136 Å². The van der Waals surface area contributed by atoms with E-state index < -0.39 is 0 Å². The highest BCUT2D eigenvalue weighted by molar-refractivity contribution is 5.73. The van der Waals surface area contributed by atoms with Gasteiger partial charge in [-0.1, -0.05) is 39.0 Å². The highest BCUT2D eigenvalue weighted by atomic mass is 16.5. The predicted molar refractivity (Wildman–Crippen MR) is 90.0 cm³/mol. The molecule has 0 aromatic carbocycles. The summed E-state index contributed by atoms with van der Waals surface area (Å²) in [4.78, 5) is 13.9. The summed E-state index contributed by atoms with van der Waals surface area (Å²) in [6.07, 6.45) is 12.0. The molecule has 2 rings (SSSR count). The second kappa shape index (κ2) is 9.39. The molecule has 0 saturated heterocycles. The largest absolute Gasteiger partial charge is 0.376 e. The first-order valence-corrected chi connectivity index (χ1v) is 9.27. The highest BCUT2D eigenvalue weighted by Crippen LogP contribution is 2.26. The summed E-state index contributed by atoms with van der Waals surface area (Å²) in [5, 5.41) is 2.99. The zero-order valence-corrected chi connectivity index (χ0v) is 14.5. The van der Waals surface area contributed by atoms with E-state index in [1.165, 1.54) is 57.8 Å². The SMILES string of the molecule is CC1CCCCC1OCCNC(=O)N(C)CC1CCCCC1. The van der Waals surface area contributed by atoms with Gasteiger partial charge in [-0.2, -0.15) is 0 Å². The van der Waals surface area contributed by atoms with Crippen LogP contribution in [0.4, 0.5) is 4.79 Å². The lowest BCUT2D eigenvalue weighted by atomic mass is 9.88. The molecule has 22 heavy (non-hydrogen) atoms. The summed E-state index contributed by atoms with van der Waals surface area (Å²) in [7, 11) is 1.91. The van der Waals surface area contributed by atoms with Crippen molar-refractivity contribution >= 4 is 6.03 Å². The van der Waals surface area contributed by atoms with E-state index in [-0.39, 0.29) is 6.03 Å². The van der Waals surface area contributed by atoms with E-state index in [0.29, 0.717) is 31.1 Å². The van der Waals surface area contributed by atoms with Crippen LogP contribution >= 0.6 is 0 Å². The predicted octanol–water partition coefficient (Wildman–Crippen LogP) is 3.80. The first kappa shape index (κ1) is 17.6. The molecule has 2 fully saturated rings. The molecule has 2 amide bonds. The molecule has 1 N–H and O–H groups in total. The Morgan fingerprint density at radius 1 is 1.09 bits per heavy atom. The number of ether oxygens (including phenoxy) is 1. The Bertz CT molecular complexity index is 329. The summed E-state index contributed by atoms with van der Waals surface area (Å²) in [6, 6.07) is 0.0471. The molecule has 0 heterocycles. The zero-order valence-electron chi connectivity index (χ0n) is 14.5. The van der Waals surface area contributed by atoms with Crippen molar-refractivity contribution < 1.29 is 9.53 Å². The fourth-order valence-corrected chi connectivity index (χ4v) is 3.87. The smallest absolute Gasteiger partial charge is 0.317 e. The molecule has 4 nitrogen and oxygen atoms in total. The van der Waals surface area contributed by atoms with Gasteiger partial charge in [0.25, 0.3) is 0 Å². The average Bonchev–Trinajstić information content (AvgIpc) is 2.53. The summed E-state index contributed by atoms with van der Waals surface area (Å²) in [6.45, 7) is 4.43. The van der Waals surface area contributed by atoms with E-state index in [9.17, 15) is 4.79 Å². The number of rotatable bonds is 6. The van der Waals surface area contributed by atoms with Crippen molar-refractivity contribution in [3.05, 3.63) is 0 Å². The van der Waals surface area contributed by atoms with Crippen LogP contribution in [0.2, 0.25) is 0 Å². The minimum atomic E-state index is 0.0471. The van der Waals surface area contributed by atoms with Gasteiger partial charge in [-0.15, -0.1) is 0 Å². The Hall–Kier alpha value is -0.770. The number of hydrogen-bond acceptors (Lipinski definition) is 2. The van der Waals surface area contributed by atoms with Crippen LogP contribution in [-0.2, 0) is 4.74 Å². The number of carbonyl (C=O) groups excluding carboxylic acids is 1. The molecule has 0 aliphatic heterocycles. The number of amides is 2. The van der Waals surface area contributed by atoms with Gasteiger partial charge in [0.2, 0.25) is 0 Å². The fourth-order valence-electron chi connectivity index (χ4n) is 3.87. The maximum atomic E-state index is 12.1. The van der Waals surface area contributed by atoms with Crippen LogP contribution in [0.15, 0.2) is 0 Å². The van der Waals surface area contributed by atoms with E-state index in [0.717, 1.165) is 6.54 Å². The number of nitrogens with one attached hydrogen (secondary N) is 1. The Balaban J connectivity index is 1.56. The summed E-state index contributed by atoms with van der Waals surface area (Å²) < 4.78 is 5.94. The van der Waals surface area contributed by atoms with Crippen molar-refractivity contribution in [2.45, 2.75) is 70.8 Å². The van der Waals surface area contributed by atoms with Crippen LogP contribution in [-0.4, -0.2) is 43.8 Å². The molecule has 4 heteroatoms. The molecule has 2 atom stereocenters. The summed E-state index contributed by atoms with van der Waals surface area (Å²) >= 11 is 0. The number of urea groups is 1. The van der Waals surface area contributed by atoms with Gasteiger partial charge in [0.1, 0.15) is 0 Å². The van der Waals surface area contributed by atoms with Gasteiger partial charge in [-0.05, 0) is 37.5 Å². The summed E-state index contributed by atoms with van der Waals surface area (Å²) in [5.74, 6) is 1.36. The Morgan fingerprint density at radius 3 is 2.50 bits per heavy atom.